The van der Waals surface area contributed by atoms with Crippen LogP contribution in [0.2, 0.25) is 0 Å². The van der Waals surface area contributed by atoms with Crippen LogP contribution in [0.15, 0.2) is 10.5 Å². The molecule has 0 aliphatic rings. The number of rotatable bonds is 2. The minimum absolute atomic E-state index is 0.00285. The van der Waals surface area contributed by atoms with Gasteiger partial charge in [0.1, 0.15) is 0 Å². The fraction of sp³-hybridized carbons (Fsp3) is 0.500. The van der Waals surface area contributed by atoms with E-state index in [4.69, 9.17) is 0 Å². The summed E-state index contributed by atoms with van der Waals surface area (Å²) < 4.78 is 0.858. The molecule has 15 heavy (non-hydrogen) atoms. The van der Waals surface area contributed by atoms with E-state index in [0.717, 1.165) is 15.6 Å². The highest BCUT2D eigenvalue weighted by atomic mass is 79.9. The van der Waals surface area contributed by atoms with Gasteiger partial charge in [0.25, 0.3) is 0 Å². The van der Waals surface area contributed by atoms with Crippen molar-refractivity contribution in [3.05, 3.63) is 21.7 Å². The van der Waals surface area contributed by atoms with Crippen molar-refractivity contribution in [3.63, 3.8) is 0 Å². The van der Waals surface area contributed by atoms with Gasteiger partial charge in [-0.25, -0.2) is 0 Å². The van der Waals surface area contributed by atoms with Crippen LogP contribution in [-0.4, -0.2) is 10.2 Å². The zero-order valence-electron chi connectivity index (χ0n) is 9.50. The number of benzene rings is 1. The van der Waals surface area contributed by atoms with Crippen molar-refractivity contribution in [2.45, 2.75) is 39.5 Å². The summed E-state index contributed by atoms with van der Waals surface area (Å²) in [4.78, 5) is 0. The van der Waals surface area contributed by atoms with Gasteiger partial charge in [-0.05, 0) is 17.9 Å². The zero-order valence-corrected chi connectivity index (χ0v) is 11.1. The van der Waals surface area contributed by atoms with E-state index in [9.17, 15) is 10.2 Å². The van der Waals surface area contributed by atoms with Crippen LogP contribution in [0.3, 0.4) is 0 Å². The smallest absolute Gasteiger partial charge is 0.162 e. The first kappa shape index (κ1) is 12.4. The van der Waals surface area contributed by atoms with Crippen LogP contribution < -0.4 is 0 Å². The second kappa shape index (κ2) is 4.44. The summed E-state index contributed by atoms with van der Waals surface area (Å²) in [6.07, 6.45) is 0. The molecule has 1 aromatic carbocycles. The van der Waals surface area contributed by atoms with Crippen molar-refractivity contribution >= 4 is 15.9 Å². The normalized spacial score (nSPS) is 11.4. The molecule has 84 valence electrons. The highest BCUT2D eigenvalue weighted by molar-refractivity contribution is 9.10. The third kappa shape index (κ3) is 2.28. The predicted octanol–water partition coefficient (Wildman–Crippen LogP) is 4.11. The molecule has 2 nitrogen and oxygen atoms in total. The maximum absolute atomic E-state index is 9.90. The molecular formula is C12H17BrO2. The van der Waals surface area contributed by atoms with Crippen LogP contribution in [0.1, 0.15) is 50.7 Å². The summed E-state index contributed by atoms with van der Waals surface area (Å²) in [5.41, 5.74) is 1.53. The Hall–Kier alpha value is -0.700. The minimum Gasteiger partial charge on any atom is -0.504 e. The van der Waals surface area contributed by atoms with E-state index in [1.54, 1.807) is 0 Å². The lowest BCUT2D eigenvalue weighted by molar-refractivity contribution is 0.391. The van der Waals surface area contributed by atoms with Crippen molar-refractivity contribution in [2.75, 3.05) is 0 Å². The third-order valence-corrected chi connectivity index (χ3v) is 3.15. The van der Waals surface area contributed by atoms with Crippen molar-refractivity contribution < 1.29 is 10.2 Å². The highest BCUT2D eigenvalue weighted by Crippen LogP contribution is 2.43. The molecule has 0 aliphatic heterocycles. The standard InChI is InChI=1S/C12H17BrO2/c1-6(2)8-5-9(13)10(7(3)4)12(15)11(8)14/h5-7,14-15H,1-4H3. The zero-order chi connectivity index (χ0) is 11.7. The fourth-order valence-corrected chi connectivity index (χ4v) is 2.54. The van der Waals surface area contributed by atoms with Crippen molar-refractivity contribution in [3.8, 4) is 11.5 Å². The molecule has 0 spiro atoms. The van der Waals surface area contributed by atoms with Gasteiger partial charge in [-0.1, -0.05) is 43.6 Å². The Kier molecular flexibility index (Phi) is 3.66. The summed E-state index contributed by atoms with van der Waals surface area (Å²) in [6, 6.07) is 1.88. The Labute approximate surface area is 99.1 Å². The molecule has 0 aromatic heterocycles. The molecule has 0 heterocycles. The summed E-state index contributed by atoms with van der Waals surface area (Å²) in [6.45, 7) is 7.93. The Bertz CT molecular complexity index is 370. The van der Waals surface area contributed by atoms with Crippen molar-refractivity contribution in [2.24, 2.45) is 0 Å². The Morgan fingerprint density at radius 2 is 1.53 bits per heavy atom. The van der Waals surface area contributed by atoms with Crippen molar-refractivity contribution in [1.29, 1.82) is 0 Å². The maximum atomic E-state index is 9.90. The summed E-state index contributed by atoms with van der Waals surface area (Å²) in [5, 5.41) is 19.7. The van der Waals surface area contributed by atoms with Crippen LogP contribution in [0.4, 0.5) is 0 Å². The predicted molar refractivity (Wildman–Crippen MR) is 65.6 cm³/mol. The first-order chi connectivity index (χ1) is 6.86. The Balaban J connectivity index is 3.44. The van der Waals surface area contributed by atoms with Gasteiger partial charge < -0.3 is 10.2 Å². The van der Waals surface area contributed by atoms with Gasteiger partial charge in [0.05, 0.1) is 0 Å². The van der Waals surface area contributed by atoms with E-state index < -0.39 is 0 Å². The molecule has 0 amide bonds. The van der Waals surface area contributed by atoms with E-state index in [0.29, 0.717) is 0 Å². The van der Waals surface area contributed by atoms with E-state index >= 15 is 0 Å². The molecule has 3 heteroatoms. The van der Waals surface area contributed by atoms with Crippen LogP contribution in [0.25, 0.3) is 0 Å². The number of halogens is 1. The number of aromatic hydroxyl groups is 2. The molecule has 0 saturated heterocycles. The molecule has 0 unspecified atom stereocenters. The molecular weight excluding hydrogens is 256 g/mol. The van der Waals surface area contributed by atoms with Gasteiger partial charge in [0.2, 0.25) is 0 Å². The molecule has 1 rings (SSSR count). The van der Waals surface area contributed by atoms with Gasteiger partial charge in [-0.15, -0.1) is 0 Å². The van der Waals surface area contributed by atoms with Gasteiger partial charge in [-0.3, -0.25) is 0 Å². The van der Waals surface area contributed by atoms with Gasteiger partial charge in [0.15, 0.2) is 11.5 Å². The average molecular weight is 273 g/mol. The number of phenolic OH excluding ortho intramolecular Hbond substituents is 2. The lowest BCUT2D eigenvalue weighted by atomic mass is 9.95. The fourth-order valence-electron chi connectivity index (χ4n) is 1.65. The minimum atomic E-state index is 0.00285. The van der Waals surface area contributed by atoms with Crippen LogP contribution >= 0.6 is 15.9 Å². The first-order valence-electron chi connectivity index (χ1n) is 5.10. The topological polar surface area (TPSA) is 40.5 Å². The molecule has 0 atom stereocenters. The lowest BCUT2D eigenvalue weighted by Gasteiger charge is -2.17. The maximum Gasteiger partial charge on any atom is 0.162 e. The summed E-state index contributed by atoms with van der Waals surface area (Å²) in [7, 11) is 0. The Morgan fingerprint density at radius 1 is 1.00 bits per heavy atom. The third-order valence-electron chi connectivity index (χ3n) is 2.49. The quantitative estimate of drug-likeness (QED) is 0.796. The molecule has 0 saturated carbocycles. The van der Waals surface area contributed by atoms with Crippen LogP contribution in [0, 0.1) is 0 Å². The first-order valence-corrected chi connectivity index (χ1v) is 5.89. The second-order valence-electron chi connectivity index (χ2n) is 4.37. The van der Waals surface area contributed by atoms with Crippen LogP contribution in [-0.2, 0) is 0 Å². The average Bonchev–Trinajstić information content (AvgIpc) is 2.10. The van der Waals surface area contributed by atoms with E-state index in [2.05, 4.69) is 15.9 Å². The second-order valence-corrected chi connectivity index (χ2v) is 5.22. The van der Waals surface area contributed by atoms with Gasteiger partial charge >= 0.3 is 0 Å². The molecule has 0 bridgehead atoms. The molecule has 0 radical (unpaired) electrons. The van der Waals surface area contributed by atoms with Crippen molar-refractivity contribution in [1.82, 2.24) is 0 Å². The lowest BCUT2D eigenvalue weighted by Crippen LogP contribution is -1.96. The monoisotopic (exact) mass is 272 g/mol. The van der Waals surface area contributed by atoms with E-state index in [-0.39, 0.29) is 23.3 Å². The Morgan fingerprint density at radius 3 is 1.93 bits per heavy atom. The molecule has 0 aliphatic carbocycles. The molecule has 1 aromatic rings. The van der Waals surface area contributed by atoms with Gasteiger partial charge in [0, 0.05) is 15.6 Å². The van der Waals surface area contributed by atoms with E-state index in [1.165, 1.54) is 0 Å². The number of hydrogen-bond donors (Lipinski definition) is 2. The summed E-state index contributed by atoms with van der Waals surface area (Å²) in [5.74, 6) is 0.375. The van der Waals surface area contributed by atoms with E-state index in [1.807, 2.05) is 33.8 Å². The van der Waals surface area contributed by atoms with Crippen LogP contribution in [0.5, 0.6) is 11.5 Å². The molecule has 2 N–H and O–H groups in total. The SMILES string of the molecule is CC(C)c1cc(Br)c(C(C)C)c(O)c1O. The summed E-state index contributed by atoms with van der Waals surface area (Å²) >= 11 is 3.43. The number of phenols is 2. The largest absolute Gasteiger partial charge is 0.504 e. The van der Waals surface area contributed by atoms with Gasteiger partial charge in [-0.2, -0.15) is 0 Å². The highest BCUT2D eigenvalue weighted by Gasteiger charge is 2.19. The molecule has 0 fully saturated rings. The number of hydrogen-bond acceptors (Lipinski definition) is 2.